The van der Waals surface area contributed by atoms with Crippen LogP contribution < -0.4 is 86.1 Å². The molecule has 0 amide bonds. The molecule has 0 spiro atoms. The molecule has 0 aliphatic heterocycles. The zero-order valence-electron chi connectivity index (χ0n) is 12.5. The van der Waals surface area contributed by atoms with Crippen molar-refractivity contribution in [1.82, 2.24) is 19.5 Å². The number of nitrogen functional groups attached to an aromatic ring is 2. The number of nitrogens with zero attached hydrogens (tertiary/aromatic N) is 4. The molecule has 0 fully saturated rings. The second-order valence-electron chi connectivity index (χ2n) is 4.42. The summed E-state index contributed by atoms with van der Waals surface area (Å²) in [5.74, 6) is 0.184. The standard InChI is InChI=1S/C9H16N7O3P.2Na/c10-5(3-20(17,18)19)1-2-16-4-13-6-7(11)14-9(12)15-8(6)16;;/h4-5H,1-3,10H2,(H2,17,18,19)(H4,11,12,14,15);;/q;2*+1/p-2/t5-;;/m1../s1. The molecular weight excluding hydrogens is 331 g/mol. The molecule has 110 valence electrons. The van der Waals surface area contributed by atoms with E-state index in [9.17, 15) is 14.4 Å². The van der Waals surface area contributed by atoms with Gasteiger partial charge < -0.3 is 36.1 Å². The van der Waals surface area contributed by atoms with Crippen LogP contribution in [-0.2, 0) is 11.1 Å². The van der Waals surface area contributed by atoms with Crippen LogP contribution in [0.1, 0.15) is 6.42 Å². The van der Waals surface area contributed by atoms with Crippen molar-refractivity contribution in [1.29, 1.82) is 0 Å². The number of anilines is 2. The van der Waals surface area contributed by atoms with Crippen molar-refractivity contribution in [3.05, 3.63) is 6.33 Å². The van der Waals surface area contributed by atoms with Gasteiger partial charge in [0.15, 0.2) is 11.5 Å². The van der Waals surface area contributed by atoms with Gasteiger partial charge in [0.25, 0.3) is 0 Å². The molecule has 0 aromatic carbocycles. The predicted octanol–water partition coefficient (Wildman–Crippen LogP) is -8.37. The molecule has 1 atom stereocenters. The maximum atomic E-state index is 10.6. The molecule has 0 radical (unpaired) electrons. The Kier molecular flexibility index (Phi) is 9.04. The first-order valence-corrected chi connectivity index (χ1v) is 7.49. The van der Waals surface area contributed by atoms with E-state index in [2.05, 4.69) is 15.0 Å². The van der Waals surface area contributed by atoms with Gasteiger partial charge in [0.05, 0.1) is 6.33 Å². The third-order valence-corrected chi connectivity index (χ3v) is 3.62. The van der Waals surface area contributed by atoms with E-state index >= 15 is 0 Å². The average molecular weight is 345 g/mol. The molecule has 2 aromatic heterocycles. The summed E-state index contributed by atoms with van der Waals surface area (Å²) in [6, 6.07) is -0.746. The molecule has 0 bridgehead atoms. The van der Waals surface area contributed by atoms with Crippen molar-refractivity contribution >= 4 is 30.5 Å². The minimum absolute atomic E-state index is 0. The molecule has 2 aromatic rings. The number of imidazole rings is 1. The summed E-state index contributed by atoms with van der Waals surface area (Å²) in [6.07, 6.45) is 1.18. The van der Waals surface area contributed by atoms with E-state index in [1.807, 2.05) is 0 Å². The molecule has 2 heterocycles. The van der Waals surface area contributed by atoms with Crippen molar-refractivity contribution in [3.63, 3.8) is 0 Å². The molecule has 13 heteroatoms. The van der Waals surface area contributed by atoms with Gasteiger partial charge in [-0.3, -0.25) is 0 Å². The number of hydrogen-bond acceptors (Lipinski definition) is 9. The van der Waals surface area contributed by atoms with Gasteiger partial charge in [-0.2, -0.15) is 9.97 Å². The van der Waals surface area contributed by atoms with Crippen LogP contribution in [-0.4, -0.2) is 31.7 Å². The molecule has 22 heavy (non-hydrogen) atoms. The largest absolute Gasteiger partial charge is 1.00 e. The van der Waals surface area contributed by atoms with Crippen LogP contribution in [0.2, 0.25) is 0 Å². The third-order valence-electron chi connectivity index (χ3n) is 2.71. The van der Waals surface area contributed by atoms with Gasteiger partial charge >= 0.3 is 59.1 Å². The summed E-state index contributed by atoms with van der Waals surface area (Å²) in [7, 11) is -4.61. The van der Waals surface area contributed by atoms with Crippen LogP contribution in [0.3, 0.4) is 0 Å². The SMILES string of the molecule is Nc1nc(N)c2ncn(CC[C@@H](N)CP(=O)([O-])[O-])c2n1.[Na+].[Na+]. The van der Waals surface area contributed by atoms with Crippen LogP contribution >= 0.6 is 7.60 Å². The molecular formula is C9H14N7Na2O3P. The van der Waals surface area contributed by atoms with Gasteiger partial charge in [0.2, 0.25) is 5.95 Å². The number of rotatable bonds is 5. The van der Waals surface area contributed by atoms with Gasteiger partial charge in [-0.1, -0.05) is 7.60 Å². The zero-order chi connectivity index (χ0) is 14.9. The Balaban J connectivity index is 0.00000220. The number of aromatic nitrogens is 4. The van der Waals surface area contributed by atoms with E-state index in [0.717, 1.165) is 0 Å². The summed E-state index contributed by atoms with van der Waals surface area (Å²) >= 11 is 0. The summed E-state index contributed by atoms with van der Waals surface area (Å²) in [5.41, 5.74) is 17.6. The van der Waals surface area contributed by atoms with Gasteiger partial charge in [0, 0.05) is 12.6 Å². The Morgan fingerprint density at radius 1 is 1.27 bits per heavy atom. The normalized spacial score (nSPS) is 12.5. The Morgan fingerprint density at radius 2 is 1.91 bits per heavy atom. The van der Waals surface area contributed by atoms with Gasteiger partial charge in [-0.15, -0.1) is 0 Å². The summed E-state index contributed by atoms with van der Waals surface area (Å²) in [6.45, 7) is 0.341. The van der Waals surface area contributed by atoms with Crippen LogP contribution in [0, 0.1) is 0 Å². The second kappa shape index (κ2) is 8.93. The minimum Gasteiger partial charge on any atom is -0.811 e. The van der Waals surface area contributed by atoms with E-state index in [1.165, 1.54) is 6.33 Å². The van der Waals surface area contributed by atoms with Crippen molar-refractivity contribution in [2.75, 3.05) is 17.6 Å². The quantitative estimate of drug-likeness (QED) is 0.349. The first kappa shape index (κ1) is 22.3. The Labute approximate surface area is 171 Å². The van der Waals surface area contributed by atoms with Crippen molar-refractivity contribution in [2.24, 2.45) is 5.73 Å². The Hall–Kier alpha value is 0.260. The summed E-state index contributed by atoms with van der Waals surface area (Å²) in [4.78, 5) is 33.1. The summed E-state index contributed by atoms with van der Waals surface area (Å²) in [5, 5.41) is 0. The van der Waals surface area contributed by atoms with Crippen LogP contribution in [0.5, 0.6) is 0 Å². The van der Waals surface area contributed by atoms with Crippen molar-refractivity contribution in [3.8, 4) is 0 Å². The topological polar surface area (TPSA) is 185 Å². The molecule has 6 N–H and O–H groups in total. The van der Waals surface area contributed by atoms with Crippen LogP contribution in [0.4, 0.5) is 11.8 Å². The fourth-order valence-corrected chi connectivity index (χ4v) is 2.59. The number of nitrogens with two attached hydrogens (primary N) is 3. The minimum atomic E-state index is -4.61. The molecule has 2 rings (SSSR count). The molecule has 0 unspecified atom stereocenters. The Bertz CT molecular complexity index is 677. The predicted molar refractivity (Wildman–Crippen MR) is 69.2 cm³/mol. The maximum absolute atomic E-state index is 10.6. The first-order chi connectivity index (χ1) is 9.26. The second-order valence-corrected chi connectivity index (χ2v) is 6.01. The van der Waals surface area contributed by atoms with Gasteiger partial charge in [-0.25, -0.2) is 4.98 Å². The van der Waals surface area contributed by atoms with Gasteiger partial charge in [-0.05, 0) is 12.6 Å². The fourth-order valence-electron chi connectivity index (χ4n) is 1.83. The molecule has 10 nitrogen and oxygen atoms in total. The number of aryl methyl sites for hydroxylation is 1. The zero-order valence-corrected chi connectivity index (χ0v) is 17.4. The number of hydrogen-bond donors (Lipinski definition) is 3. The van der Waals surface area contributed by atoms with Crippen molar-refractivity contribution < 1.29 is 73.5 Å². The third kappa shape index (κ3) is 6.04. The van der Waals surface area contributed by atoms with Crippen LogP contribution in [0.25, 0.3) is 11.2 Å². The molecule has 0 saturated carbocycles. The Morgan fingerprint density at radius 3 is 2.50 bits per heavy atom. The smallest absolute Gasteiger partial charge is 0.811 e. The monoisotopic (exact) mass is 345 g/mol. The fraction of sp³-hybridized carbons (Fsp3) is 0.444. The molecule has 0 aliphatic carbocycles. The maximum Gasteiger partial charge on any atom is 1.00 e. The first-order valence-electron chi connectivity index (χ1n) is 5.77. The van der Waals surface area contributed by atoms with E-state index in [0.29, 0.717) is 17.7 Å². The number of fused-ring (bicyclic) bond motifs is 1. The van der Waals surface area contributed by atoms with Crippen molar-refractivity contribution in [2.45, 2.75) is 19.0 Å². The average Bonchev–Trinajstić information content (AvgIpc) is 2.67. The van der Waals surface area contributed by atoms with E-state index < -0.39 is 19.8 Å². The van der Waals surface area contributed by atoms with E-state index in [1.54, 1.807) is 4.57 Å². The molecule has 0 aliphatic rings. The van der Waals surface area contributed by atoms with E-state index in [4.69, 9.17) is 17.2 Å². The summed E-state index contributed by atoms with van der Waals surface area (Å²) < 4.78 is 12.3. The molecule has 0 saturated heterocycles. The van der Waals surface area contributed by atoms with Gasteiger partial charge in [0.1, 0.15) is 5.52 Å². The van der Waals surface area contributed by atoms with Crippen LogP contribution in [0.15, 0.2) is 6.33 Å². The van der Waals surface area contributed by atoms with E-state index in [-0.39, 0.29) is 77.3 Å².